The van der Waals surface area contributed by atoms with E-state index in [1.165, 1.54) is 11.1 Å². The third-order valence-electron chi connectivity index (χ3n) is 6.09. The molecule has 2 aliphatic carbocycles. The van der Waals surface area contributed by atoms with E-state index in [4.69, 9.17) is 4.74 Å². The molecule has 2 rings (SSSR count). The zero-order valence-corrected chi connectivity index (χ0v) is 17.5. The van der Waals surface area contributed by atoms with Crippen LogP contribution in [0.1, 0.15) is 68.2 Å². The van der Waals surface area contributed by atoms with Crippen LogP contribution in [0.4, 0.5) is 4.79 Å². The quantitative estimate of drug-likeness (QED) is 0.713. The number of carbonyl (C=O) groups is 2. The molecule has 148 valence electrons. The summed E-state index contributed by atoms with van der Waals surface area (Å²) in [4.78, 5) is 24.5. The SMILES string of the molecule is CC1=C(C)[C@H]2[C@@H](C1)C[C@]2(CNC(=O)OC(C)(C)C)C(C(=O)O)C(C)(C)C. The summed E-state index contributed by atoms with van der Waals surface area (Å²) in [7, 11) is 0. The summed E-state index contributed by atoms with van der Waals surface area (Å²) in [5.41, 5.74) is 1.24. The fourth-order valence-corrected chi connectivity index (χ4v) is 5.45. The van der Waals surface area contributed by atoms with Gasteiger partial charge in [-0.05, 0) is 64.7 Å². The summed E-state index contributed by atoms with van der Waals surface area (Å²) < 4.78 is 5.38. The predicted octanol–water partition coefficient (Wildman–Crippen LogP) is 4.62. The van der Waals surface area contributed by atoms with Crippen molar-refractivity contribution in [2.24, 2.45) is 28.6 Å². The number of carboxylic acid groups (broad SMARTS) is 1. The fraction of sp³-hybridized carbons (Fsp3) is 0.810. The standard InChI is InChI=1S/C21H35NO4/c1-12-9-14-10-21(15(14)13(12)2,16(17(23)24)19(3,4)5)11-22-18(25)26-20(6,7)8/h14-16H,9-11H2,1-8H3,(H,22,25)(H,23,24)/t14-,15-,16?,21+/m0/s1. The van der Waals surface area contributed by atoms with Crippen LogP contribution >= 0.6 is 0 Å². The summed E-state index contributed by atoms with van der Waals surface area (Å²) >= 11 is 0. The molecule has 1 unspecified atom stereocenters. The largest absolute Gasteiger partial charge is 0.481 e. The molecule has 2 aliphatic rings. The first-order chi connectivity index (χ1) is 11.7. The van der Waals surface area contributed by atoms with E-state index < -0.39 is 34.4 Å². The highest BCUT2D eigenvalue weighted by Crippen LogP contribution is 2.66. The van der Waals surface area contributed by atoms with Gasteiger partial charge >= 0.3 is 12.1 Å². The summed E-state index contributed by atoms with van der Waals surface area (Å²) in [6.07, 6.45) is 1.40. The van der Waals surface area contributed by atoms with Gasteiger partial charge in [-0.1, -0.05) is 31.9 Å². The van der Waals surface area contributed by atoms with Gasteiger partial charge in [-0.2, -0.15) is 0 Å². The van der Waals surface area contributed by atoms with Crippen LogP contribution in [0.25, 0.3) is 0 Å². The zero-order valence-electron chi connectivity index (χ0n) is 17.5. The monoisotopic (exact) mass is 365 g/mol. The number of rotatable bonds is 4. The van der Waals surface area contributed by atoms with Crippen molar-refractivity contribution in [3.05, 3.63) is 11.1 Å². The van der Waals surface area contributed by atoms with Crippen LogP contribution in [-0.4, -0.2) is 29.3 Å². The number of nitrogens with one attached hydrogen (secondary N) is 1. The van der Waals surface area contributed by atoms with Crippen molar-refractivity contribution in [3.8, 4) is 0 Å². The van der Waals surface area contributed by atoms with Crippen molar-refractivity contribution in [1.82, 2.24) is 5.32 Å². The summed E-state index contributed by atoms with van der Waals surface area (Å²) in [5, 5.41) is 13.0. The van der Waals surface area contributed by atoms with Crippen LogP contribution in [0.5, 0.6) is 0 Å². The van der Waals surface area contributed by atoms with Gasteiger partial charge in [0.15, 0.2) is 0 Å². The van der Waals surface area contributed by atoms with Gasteiger partial charge in [-0.25, -0.2) is 4.79 Å². The lowest BCUT2D eigenvalue weighted by Gasteiger charge is -2.59. The maximum Gasteiger partial charge on any atom is 0.407 e. The van der Waals surface area contributed by atoms with Crippen molar-refractivity contribution < 1.29 is 19.4 Å². The van der Waals surface area contributed by atoms with Gasteiger partial charge in [0, 0.05) is 12.0 Å². The second-order valence-electron chi connectivity index (χ2n) is 10.3. The molecule has 0 heterocycles. The average molecular weight is 366 g/mol. The minimum absolute atomic E-state index is 0.220. The Morgan fingerprint density at radius 1 is 1.23 bits per heavy atom. The minimum Gasteiger partial charge on any atom is -0.481 e. The smallest absolute Gasteiger partial charge is 0.407 e. The van der Waals surface area contributed by atoms with Crippen molar-refractivity contribution in [3.63, 3.8) is 0 Å². The summed E-state index contributed by atoms with van der Waals surface area (Å²) in [6, 6.07) is 0. The van der Waals surface area contributed by atoms with E-state index >= 15 is 0 Å². The molecule has 0 aromatic carbocycles. The summed E-state index contributed by atoms with van der Waals surface area (Å²) in [6.45, 7) is 16.0. The Morgan fingerprint density at radius 2 is 1.81 bits per heavy atom. The number of carboxylic acids is 1. The second-order valence-corrected chi connectivity index (χ2v) is 10.3. The number of allylic oxidation sites excluding steroid dienone is 2. The Kier molecular flexibility index (Phi) is 5.26. The predicted molar refractivity (Wildman–Crippen MR) is 102 cm³/mol. The molecule has 0 aromatic heterocycles. The molecule has 5 nitrogen and oxygen atoms in total. The van der Waals surface area contributed by atoms with E-state index in [0.29, 0.717) is 12.5 Å². The first kappa shape index (κ1) is 20.8. The fourth-order valence-electron chi connectivity index (χ4n) is 5.45. The lowest BCUT2D eigenvalue weighted by Crippen LogP contribution is -2.62. The molecule has 0 spiro atoms. The van der Waals surface area contributed by atoms with Gasteiger partial charge in [0.05, 0.1) is 5.92 Å². The molecule has 26 heavy (non-hydrogen) atoms. The second kappa shape index (κ2) is 6.58. The van der Waals surface area contributed by atoms with Crippen molar-refractivity contribution in [1.29, 1.82) is 0 Å². The molecule has 1 saturated carbocycles. The molecule has 0 aliphatic heterocycles. The van der Waals surface area contributed by atoms with Crippen LogP contribution in [0, 0.1) is 28.6 Å². The van der Waals surface area contributed by atoms with E-state index in [2.05, 4.69) is 19.2 Å². The number of amides is 1. The van der Waals surface area contributed by atoms with E-state index in [0.717, 1.165) is 12.8 Å². The Balaban J connectivity index is 2.33. The summed E-state index contributed by atoms with van der Waals surface area (Å²) in [5.74, 6) is -0.594. The minimum atomic E-state index is -0.778. The zero-order chi connectivity index (χ0) is 20.1. The van der Waals surface area contributed by atoms with Gasteiger partial charge < -0.3 is 15.2 Å². The topological polar surface area (TPSA) is 75.6 Å². The van der Waals surface area contributed by atoms with Gasteiger partial charge in [0.1, 0.15) is 5.60 Å². The third kappa shape index (κ3) is 3.77. The number of ether oxygens (including phenoxy) is 1. The van der Waals surface area contributed by atoms with Crippen LogP contribution in [0.3, 0.4) is 0 Å². The molecule has 1 amide bonds. The lowest BCUT2D eigenvalue weighted by molar-refractivity contribution is -0.167. The third-order valence-corrected chi connectivity index (χ3v) is 6.09. The van der Waals surface area contributed by atoms with Crippen molar-refractivity contribution in [2.45, 2.75) is 73.8 Å². The van der Waals surface area contributed by atoms with Crippen LogP contribution in [0.2, 0.25) is 0 Å². The number of hydrogen-bond donors (Lipinski definition) is 2. The van der Waals surface area contributed by atoms with Crippen LogP contribution in [-0.2, 0) is 9.53 Å². The van der Waals surface area contributed by atoms with Crippen LogP contribution in [0.15, 0.2) is 11.1 Å². The molecule has 0 bridgehead atoms. The first-order valence-corrected chi connectivity index (χ1v) is 9.55. The molecule has 5 heteroatoms. The maximum absolute atomic E-state index is 12.3. The number of carbonyl (C=O) groups excluding carboxylic acids is 1. The Labute approximate surface area is 157 Å². The highest BCUT2D eigenvalue weighted by molar-refractivity contribution is 5.73. The molecule has 1 fully saturated rings. The normalized spacial score (nSPS) is 29.7. The van der Waals surface area contributed by atoms with Gasteiger partial charge in [-0.15, -0.1) is 0 Å². The maximum atomic E-state index is 12.3. The molecule has 0 radical (unpaired) electrons. The van der Waals surface area contributed by atoms with Crippen molar-refractivity contribution >= 4 is 12.1 Å². The van der Waals surface area contributed by atoms with Gasteiger partial charge in [-0.3, -0.25) is 4.79 Å². The Hall–Kier alpha value is -1.52. The van der Waals surface area contributed by atoms with Gasteiger partial charge in [0.2, 0.25) is 0 Å². The highest BCUT2D eigenvalue weighted by Gasteiger charge is 2.64. The Morgan fingerprint density at radius 3 is 2.23 bits per heavy atom. The molecular weight excluding hydrogens is 330 g/mol. The van der Waals surface area contributed by atoms with Crippen LogP contribution < -0.4 is 5.32 Å². The first-order valence-electron chi connectivity index (χ1n) is 9.55. The van der Waals surface area contributed by atoms with Gasteiger partial charge in [0.25, 0.3) is 0 Å². The number of fused-ring (bicyclic) bond motifs is 1. The molecule has 4 atom stereocenters. The molecular formula is C21H35NO4. The number of alkyl carbamates (subject to hydrolysis) is 1. The van der Waals surface area contributed by atoms with E-state index in [1.54, 1.807) is 0 Å². The van der Waals surface area contributed by atoms with E-state index in [1.807, 2.05) is 41.5 Å². The van der Waals surface area contributed by atoms with E-state index in [-0.39, 0.29) is 5.92 Å². The number of hydrogen-bond acceptors (Lipinski definition) is 3. The van der Waals surface area contributed by atoms with Crippen molar-refractivity contribution in [2.75, 3.05) is 6.54 Å². The molecule has 0 saturated heterocycles. The van der Waals surface area contributed by atoms with E-state index in [9.17, 15) is 14.7 Å². The lowest BCUT2D eigenvalue weighted by atomic mass is 9.45. The Bertz CT molecular complexity index is 623. The average Bonchev–Trinajstić information content (AvgIpc) is 2.61. The highest BCUT2D eigenvalue weighted by atomic mass is 16.6. The molecule has 2 N–H and O–H groups in total. The molecule has 0 aromatic rings. The number of aliphatic carboxylic acids is 1.